The Labute approximate surface area is 236 Å². The lowest BCUT2D eigenvalue weighted by atomic mass is 9.87. The number of carbonyl (C=O) groups excluding carboxylic acids is 2. The number of rotatable bonds is 9. The maximum absolute atomic E-state index is 12.8. The van der Waals surface area contributed by atoms with Crippen molar-refractivity contribution >= 4 is 23.4 Å². The van der Waals surface area contributed by atoms with E-state index in [0.717, 1.165) is 66.8 Å². The van der Waals surface area contributed by atoms with E-state index in [4.69, 9.17) is 14.2 Å². The number of nitrogens with one attached hydrogen (secondary N) is 1. The molecule has 1 aliphatic carbocycles. The normalized spacial score (nSPS) is 17.0. The number of amides is 1. The van der Waals surface area contributed by atoms with E-state index in [1.165, 1.54) is 0 Å². The fourth-order valence-electron chi connectivity index (χ4n) is 5.66. The van der Waals surface area contributed by atoms with Gasteiger partial charge in [-0.05, 0) is 80.3 Å². The summed E-state index contributed by atoms with van der Waals surface area (Å²) >= 11 is 0. The van der Waals surface area contributed by atoms with E-state index in [1.807, 2.05) is 56.3 Å². The smallest absolute Gasteiger partial charge is 0.412 e. The maximum Gasteiger partial charge on any atom is 0.412 e. The number of hydrogen-bond donors (Lipinski definition) is 1. The number of methoxy groups -OCH3 is 1. The summed E-state index contributed by atoms with van der Waals surface area (Å²) < 4.78 is 16.4. The molecule has 7 nitrogen and oxygen atoms in total. The molecule has 1 amide bonds. The van der Waals surface area contributed by atoms with Gasteiger partial charge in [0.05, 0.1) is 24.8 Å². The number of nitrogens with zero attached hydrogens (tertiary/aromatic N) is 1. The lowest BCUT2D eigenvalue weighted by Gasteiger charge is -2.34. The first-order valence-electron chi connectivity index (χ1n) is 14.2. The topological polar surface area (TPSA) is 77.1 Å². The molecule has 0 unspecified atom stereocenters. The van der Waals surface area contributed by atoms with Gasteiger partial charge in [-0.1, -0.05) is 48.5 Å². The number of esters is 1. The lowest BCUT2D eigenvalue weighted by molar-refractivity contribution is -0.146. The molecule has 0 spiro atoms. The van der Waals surface area contributed by atoms with Crippen molar-refractivity contribution in [2.45, 2.75) is 57.0 Å². The largest absolute Gasteiger partial charge is 0.497 e. The monoisotopic (exact) mass is 542 g/mol. The number of hydrogen-bond acceptors (Lipinski definition) is 6. The Hall–Kier alpha value is -4.00. The first kappa shape index (κ1) is 27.6. The van der Waals surface area contributed by atoms with Crippen LogP contribution >= 0.6 is 0 Å². The third-order valence-electron chi connectivity index (χ3n) is 8.19. The van der Waals surface area contributed by atoms with Gasteiger partial charge in [0.25, 0.3) is 0 Å². The van der Waals surface area contributed by atoms with Gasteiger partial charge < -0.3 is 19.1 Å². The van der Waals surface area contributed by atoms with Crippen molar-refractivity contribution in [1.29, 1.82) is 0 Å². The van der Waals surface area contributed by atoms with Crippen molar-refractivity contribution in [1.82, 2.24) is 0 Å². The first-order chi connectivity index (χ1) is 19.4. The molecule has 40 heavy (non-hydrogen) atoms. The predicted molar refractivity (Wildman–Crippen MR) is 156 cm³/mol. The van der Waals surface area contributed by atoms with E-state index >= 15 is 0 Å². The third-order valence-corrected chi connectivity index (χ3v) is 8.19. The molecule has 1 atom stereocenters. The average molecular weight is 543 g/mol. The van der Waals surface area contributed by atoms with E-state index < -0.39 is 11.5 Å². The van der Waals surface area contributed by atoms with Crippen LogP contribution in [0.15, 0.2) is 72.8 Å². The summed E-state index contributed by atoms with van der Waals surface area (Å²) in [6, 6.07) is 24.0. The fraction of sp³-hybridized carbons (Fsp3) is 0.394. The van der Waals surface area contributed by atoms with Crippen molar-refractivity contribution in [3.63, 3.8) is 0 Å². The summed E-state index contributed by atoms with van der Waals surface area (Å²) in [4.78, 5) is 27.7. The van der Waals surface area contributed by atoms with Gasteiger partial charge in [0, 0.05) is 24.8 Å². The van der Waals surface area contributed by atoms with Crippen molar-refractivity contribution in [2.75, 3.05) is 37.0 Å². The molecule has 1 aliphatic heterocycles. The molecule has 2 fully saturated rings. The van der Waals surface area contributed by atoms with Crippen molar-refractivity contribution < 1.29 is 23.8 Å². The molecule has 0 bridgehead atoms. The zero-order valence-corrected chi connectivity index (χ0v) is 23.5. The maximum atomic E-state index is 12.8. The quantitative estimate of drug-likeness (QED) is 0.294. The highest BCUT2D eigenvalue weighted by atomic mass is 16.6. The highest BCUT2D eigenvalue weighted by molar-refractivity contribution is 5.87. The van der Waals surface area contributed by atoms with Gasteiger partial charge in [-0.2, -0.15) is 0 Å². The summed E-state index contributed by atoms with van der Waals surface area (Å²) in [7, 11) is 1.62. The molecule has 1 saturated carbocycles. The summed E-state index contributed by atoms with van der Waals surface area (Å²) in [5, 5.41) is 2.98. The zero-order valence-electron chi connectivity index (χ0n) is 23.5. The number of benzene rings is 3. The number of ether oxygens (including phenoxy) is 3. The zero-order chi connectivity index (χ0) is 28.1. The standard InChI is InChI=1S/C33H38N2O5/c1-4-39-31(36)33(18-19-33)26-10-12-27(13-11-26)35-20-16-25(17-21-35)29-15-14-28(38-3)22-30(29)34-32(37)40-23(2)24-8-6-5-7-9-24/h5-15,22-23,25H,4,16-21H2,1-3H3,(H,34,37)/t23-/m1/s1. The molecule has 7 heteroatoms. The summed E-state index contributed by atoms with van der Waals surface area (Å²) in [5.74, 6) is 0.872. The lowest BCUT2D eigenvalue weighted by Crippen LogP contribution is -2.33. The second-order valence-electron chi connectivity index (χ2n) is 10.6. The molecule has 2 aliphatic rings. The van der Waals surface area contributed by atoms with Crippen molar-refractivity contribution in [3.8, 4) is 5.75 Å². The second kappa shape index (κ2) is 12.0. The summed E-state index contributed by atoms with van der Waals surface area (Å²) in [5.41, 5.74) is 4.52. The number of anilines is 2. The number of piperidine rings is 1. The Bertz CT molecular complexity index is 1310. The summed E-state index contributed by atoms with van der Waals surface area (Å²) in [6.45, 7) is 5.92. The Morgan fingerprint density at radius 3 is 2.33 bits per heavy atom. The van der Waals surface area contributed by atoms with E-state index in [2.05, 4.69) is 40.5 Å². The Morgan fingerprint density at radius 2 is 1.70 bits per heavy atom. The molecule has 3 aromatic carbocycles. The second-order valence-corrected chi connectivity index (χ2v) is 10.6. The minimum Gasteiger partial charge on any atom is -0.497 e. The Kier molecular flexibility index (Phi) is 8.29. The molecule has 1 heterocycles. The molecular formula is C33H38N2O5. The minimum absolute atomic E-state index is 0.106. The van der Waals surface area contributed by atoms with Crippen LogP contribution < -0.4 is 15.0 Å². The molecule has 5 rings (SSSR count). The van der Waals surface area contributed by atoms with Crippen LogP contribution in [0, 0.1) is 0 Å². The van der Waals surface area contributed by atoms with Crippen molar-refractivity contribution in [3.05, 3.63) is 89.5 Å². The van der Waals surface area contributed by atoms with E-state index in [1.54, 1.807) is 7.11 Å². The molecule has 3 aromatic rings. The van der Waals surface area contributed by atoms with Crippen LogP contribution in [0.25, 0.3) is 0 Å². The van der Waals surface area contributed by atoms with Gasteiger partial charge in [-0.25, -0.2) is 4.79 Å². The average Bonchev–Trinajstić information content (AvgIpc) is 3.80. The van der Waals surface area contributed by atoms with E-state index in [9.17, 15) is 9.59 Å². The number of carbonyl (C=O) groups is 2. The van der Waals surface area contributed by atoms with Gasteiger partial charge in [-0.15, -0.1) is 0 Å². The van der Waals surface area contributed by atoms with Crippen LogP contribution in [0.4, 0.5) is 16.2 Å². The molecule has 0 aromatic heterocycles. The predicted octanol–water partition coefficient (Wildman–Crippen LogP) is 6.98. The van der Waals surface area contributed by atoms with Crippen LogP contribution in [0.1, 0.15) is 68.2 Å². The van der Waals surface area contributed by atoms with Crippen LogP contribution in [0.3, 0.4) is 0 Å². The highest BCUT2D eigenvalue weighted by Gasteiger charge is 2.52. The summed E-state index contributed by atoms with van der Waals surface area (Å²) in [6.07, 6.45) is 2.76. The third kappa shape index (κ3) is 5.93. The van der Waals surface area contributed by atoms with E-state index in [-0.39, 0.29) is 12.1 Å². The van der Waals surface area contributed by atoms with Gasteiger partial charge in [0.2, 0.25) is 0 Å². The van der Waals surface area contributed by atoms with Gasteiger partial charge in [-0.3, -0.25) is 10.1 Å². The van der Waals surface area contributed by atoms with E-state index in [0.29, 0.717) is 18.3 Å². The molecule has 1 saturated heterocycles. The Balaban J connectivity index is 1.23. The van der Waals surface area contributed by atoms with Gasteiger partial charge in [0.1, 0.15) is 11.9 Å². The van der Waals surface area contributed by atoms with Crippen LogP contribution in [-0.4, -0.2) is 38.9 Å². The minimum atomic E-state index is -0.486. The van der Waals surface area contributed by atoms with Gasteiger partial charge >= 0.3 is 12.1 Å². The first-order valence-corrected chi connectivity index (χ1v) is 14.2. The van der Waals surface area contributed by atoms with Crippen molar-refractivity contribution in [2.24, 2.45) is 0 Å². The molecule has 210 valence electrons. The van der Waals surface area contributed by atoms with Crippen LogP contribution in [-0.2, 0) is 19.7 Å². The Morgan fingerprint density at radius 1 is 1.00 bits per heavy atom. The molecule has 1 N–H and O–H groups in total. The van der Waals surface area contributed by atoms with Gasteiger partial charge in [0.15, 0.2) is 0 Å². The van der Waals surface area contributed by atoms with Crippen LogP contribution in [0.5, 0.6) is 5.75 Å². The fourth-order valence-corrected chi connectivity index (χ4v) is 5.66. The molecule has 0 radical (unpaired) electrons. The highest BCUT2D eigenvalue weighted by Crippen LogP contribution is 2.49. The molecular weight excluding hydrogens is 504 g/mol. The SMILES string of the molecule is CCOC(=O)C1(c2ccc(N3CCC(c4ccc(OC)cc4NC(=O)O[C@H](C)c4ccccc4)CC3)cc2)CC1. The van der Waals surface area contributed by atoms with Crippen LogP contribution in [0.2, 0.25) is 0 Å².